The molecule has 0 radical (unpaired) electrons. The van der Waals surface area contributed by atoms with E-state index in [0.717, 1.165) is 5.56 Å². The second-order valence-corrected chi connectivity index (χ2v) is 10.1. The molecule has 0 spiro atoms. The fourth-order valence-electron chi connectivity index (χ4n) is 3.37. The quantitative estimate of drug-likeness (QED) is 0.656. The number of aliphatic hydroxyl groups is 1. The van der Waals surface area contributed by atoms with E-state index in [1.807, 2.05) is 24.4 Å². The first kappa shape index (κ1) is 19.3. The van der Waals surface area contributed by atoms with Crippen LogP contribution in [0.2, 0.25) is 0 Å². The standard InChI is InChI=1S/C19H21N3O4S2/c1-13-4-6-16(7-5-13)28(24,25)12-18-20-19(26-21-18)17-9-14(23)10-22(17)11-15-3-2-8-27-15/h2-8,14,17,23H,9-12H2,1H3. The Labute approximate surface area is 167 Å². The van der Waals surface area contributed by atoms with Gasteiger partial charge in [-0.2, -0.15) is 4.98 Å². The minimum atomic E-state index is -3.55. The zero-order valence-electron chi connectivity index (χ0n) is 15.4. The molecule has 1 aliphatic rings. The highest BCUT2D eigenvalue weighted by molar-refractivity contribution is 7.90. The van der Waals surface area contributed by atoms with Crippen molar-refractivity contribution in [3.05, 3.63) is 63.9 Å². The molecule has 1 fully saturated rings. The molecule has 0 amide bonds. The molecule has 2 unspecified atom stereocenters. The van der Waals surface area contributed by atoms with E-state index in [1.165, 1.54) is 4.88 Å². The van der Waals surface area contributed by atoms with Gasteiger partial charge in [0.25, 0.3) is 0 Å². The third-order valence-corrected chi connectivity index (χ3v) is 7.28. The summed E-state index contributed by atoms with van der Waals surface area (Å²) in [7, 11) is -3.55. The first-order valence-electron chi connectivity index (χ1n) is 8.97. The van der Waals surface area contributed by atoms with Gasteiger partial charge in [-0.1, -0.05) is 28.9 Å². The summed E-state index contributed by atoms with van der Waals surface area (Å²) < 4.78 is 30.6. The van der Waals surface area contributed by atoms with E-state index >= 15 is 0 Å². The third kappa shape index (κ3) is 4.17. The molecule has 148 valence electrons. The van der Waals surface area contributed by atoms with Crippen LogP contribution in [0.4, 0.5) is 0 Å². The molecule has 28 heavy (non-hydrogen) atoms. The van der Waals surface area contributed by atoms with Gasteiger partial charge in [-0.15, -0.1) is 11.3 Å². The Morgan fingerprint density at radius 3 is 2.79 bits per heavy atom. The number of hydrogen-bond donors (Lipinski definition) is 1. The number of β-amino-alcohol motifs (C(OH)–C–C–N with tert-alkyl or cyclic N) is 1. The number of nitrogens with zero attached hydrogens (tertiary/aromatic N) is 3. The van der Waals surface area contributed by atoms with Crippen LogP contribution in [0.1, 0.15) is 34.6 Å². The predicted octanol–water partition coefficient (Wildman–Crippen LogP) is 2.72. The van der Waals surface area contributed by atoms with Gasteiger partial charge in [0.15, 0.2) is 15.7 Å². The van der Waals surface area contributed by atoms with Crippen LogP contribution in [-0.2, 0) is 22.1 Å². The van der Waals surface area contributed by atoms with Crippen LogP contribution in [-0.4, -0.2) is 41.2 Å². The molecule has 3 heterocycles. The number of sulfone groups is 1. The Kier molecular flexibility index (Phi) is 5.33. The van der Waals surface area contributed by atoms with Crippen LogP contribution in [0.5, 0.6) is 0 Å². The lowest BCUT2D eigenvalue weighted by Crippen LogP contribution is -2.24. The van der Waals surface area contributed by atoms with Crippen molar-refractivity contribution >= 4 is 21.2 Å². The molecular weight excluding hydrogens is 398 g/mol. The molecule has 4 rings (SSSR count). The number of aryl methyl sites for hydroxylation is 1. The molecule has 0 bridgehead atoms. The Morgan fingerprint density at radius 2 is 2.07 bits per heavy atom. The maximum absolute atomic E-state index is 12.6. The summed E-state index contributed by atoms with van der Waals surface area (Å²) in [5, 5.41) is 16.0. The highest BCUT2D eigenvalue weighted by Gasteiger charge is 2.36. The molecule has 1 aliphatic heterocycles. The first-order valence-corrected chi connectivity index (χ1v) is 11.5. The molecule has 0 saturated carbocycles. The van der Waals surface area contributed by atoms with Gasteiger partial charge in [0.1, 0.15) is 5.75 Å². The van der Waals surface area contributed by atoms with E-state index in [0.29, 0.717) is 25.4 Å². The summed E-state index contributed by atoms with van der Waals surface area (Å²) in [4.78, 5) is 7.83. The summed E-state index contributed by atoms with van der Waals surface area (Å²) in [6, 6.07) is 10.5. The predicted molar refractivity (Wildman–Crippen MR) is 104 cm³/mol. The maximum atomic E-state index is 12.6. The van der Waals surface area contributed by atoms with E-state index in [2.05, 4.69) is 15.0 Å². The third-order valence-electron chi connectivity index (χ3n) is 4.79. The summed E-state index contributed by atoms with van der Waals surface area (Å²) in [6.45, 7) is 3.10. The van der Waals surface area contributed by atoms with Gasteiger partial charge in [-0.05, 0) is 36.9 Å². The highest BCUT2D eigenvalue weighted by atomic mass is 32.2. The minimum Gasteiger partial charge on any atom is -0.392 e. The molecule has 9 heteroatoms. The number of hydrogen-bond acceptors (Lipinski definition) is 8. The monoisotopic (exact) mass is 419 g/mol. The molecule has 2 atom stereocenters. The SMILES string of the molecule is Cc1ccc(S(=O)(=O)Cc2noc(C3CC(O)CN3Cc3cccs3)n2)cc1. The van der Waals surface area contributed by atoms with Crippen molar-refractivity contribution in [3.63, 3.8) is 0 Å². The Hall–Kier alpha value is -2.07. The van der Waals surface area contributed by atoms with Crippen LogP contribution in [0.15, 0.2) is 51.2 Å². The Bertz CT molecular complexity index is 1030. The van der Waals surface area contributed by atoms with Gasteiger partial charge in [0.2, 0.25) is 5.89 Å². The zero-order chi connectivity index (χ0) is 19.7. The zero-order valence-corrected chi connectivity index (χ0v) is 17.0. The Balaban J connectivity index is 1.51. The number of benzene rings is 1. The largest absolute Gasteiger partial charge is 0.392 e. The average molecular weight is 420 g/mol. The lowest BCUT2D eigenvalue weighted by atomic mass is 10.2. The smallest absolute Gasteiger partial charge is 0.244 e. The number of likely N-dealkylation sites (tertiary alicyclic amines) is 1. The molecule has 1 saturated heterocycles. The average Bonchev–Trinajstić information content (AvgIpc) is 3.37. The van der Waals surface area contributed by atoms with Crippen LogP contribution >= 0.6 is 11.3 Å². The number of aliphatic hydroxyl groups excluding tert-OH is 1. The second kappa shape index (κ2) is 7.75. The van der Waals surface area contributed by atoms with Crippen molar-refractivity contribution in [1.82, 2.24) is 15.0 Å². The van der Waals surface area contributed by atoms with Gasteiger partial charge in [-0.3, -0.25) is 4.90 Å². The van der Waals surface area contributed by atoms with E-state index in [4.69, 9.17) is 4.52 Å². The van der Waals surface area contributed by atoms with Gasteiger partial charge in [-0.25, -0.2) is 8.42 Å². The van der Waals surface area contributed by atoms with Gasteiger partial charge in [0.05, 0.1) is 17.0 Å². The van der Waals surface area contributed by atoms with E-state index in [1.54, 1.807) is 35.6 Å². The van der Waals surface area contributed by atoms with E-state index in [-0.39, 0.29) is 22.5 Å². The number of aromatic nitrogens is 2. The minimum absolute atomic E-state index is 0.132. The van der Waals surface area contributed by atoms with E-state index < -0.39 is 15.9 Å². The highest BCUT2D eigenvalue weighted by Crippen LogP contribution is 2.33. The molecular formula is C19H21N3O4S2. The number of thiophene rings is 1. The summed E-state index contributed by atoms with van der Waals surface area (Å²) >= 11 is 1.65. The second-order valence-electron chi connectivity index (χ2n) is 7.04. The van der Waals surface area contributed by atoms with Crippen LogP contribution < -0.4 is 0 Å². The molecule has 0 aliphatic carbocycles. The fraction of sp³-hybridized carbons (Fsp3) is 0.368. The molecule has 1 N–H and O–H groups in total. The molecule has 2 aromatic heterocycles. The molecule has 7 nitrogen and oxygen atoms in total. The Morgan fingerprint density at radius 1 is 1.29 bits per heavy atom. The molecule has 1 aromatic carbocycles. The number of rotatable bonds is 6. The normalized spacial score (nSPS) is 20.6. The van der Waals surface area contributed by atoms with Crippen LogP contribution in [0.3, 0.4) is 0 Å². The van der Waals surface area contributed by atoms with Gasteiger partial charge < -0.3 is 9.63 Å². The lowest BCUT2D eigenvalue weighted by Gasteiger charge is -2.20. The topological polar surface area (TPSA) is 96.5 Å². The van der Waals surface area contributed by atoms with Crippen molar-refractivity contribution in [2.45, 2.75) is 42.7 Å². The fourth-order valence-corrected chi connectivity index (χ4v) is 5.28. The van der Waals surface area contributed by atoms with Crippen molar-refractivity contribution in [2.24, 2.45) is 0 Å². The summed E-state index contributed by atoms with van der Waals surface area (Å²) in [6.07, 6.45) is 0.00848. The van der Waals surface area contributed by atoms with Crippen molar-refractivity contribution in [1.29, 1.82) is 0 Å². The van der Waals surface area contributed by atoms with Crippen molar-refractivity contribution in [3.8, 4) is 0 Å². The van der Waals surface area contributed by atoms with Crippen LogP contribution in [0, 0.1) is 6.92 Å². The summed E-state index contributed by atoms with van der Waals surface area (Å²) in [5.74, 6) is 0.162. The summed E-state index contributed by atoms with van der Waals surface area (Å²) in [5.41, 5.74) is 0.992. The van der Waals surface area contributed by atoms with E-state index in [9.17, 15) is 13.5 Å². The van der Waals surface area contributed by atoms with Gasteiger partial charge in [0, 0.05) is 18.0 Å². The van der Waals surface area contributed by atoms with Crippen molar-refractivity contribution < 1.29 is 18.0 Å². The van der Waals surface area contributed by atoms with Crippen LogP contribution in [0.25, 0.3) is 0 Å². The maximum Gasteiger partial charge on any atom is 0.244 e. The molecule has 3 aromatic rings. The van der Waals surface area contributed by atoms with Crippen molar-refractivity contribution in [2.75, 3.05) is 6.54 Å². The lowest BCUT2D eigenvalue weighted by molar-refractivity contribution is 0.170. The van der Waals surface area contributed by atoms with Gasteiger partial charge >= 0.3 is 0 Å². The first-order chi connectivity index (χ1) is 13.4.